The predicted molar refractivity (Wildman–Crippen MR) is 73.8 cm³/mol. The van der Waals surface area contributed by atoms with E-state index in [-0.39, 0.29) is 11.8 Å². The van der Waals surface area contributed by atoms with Gasteiger partial charge in [0.05, 0.1) is 6.04 Å². The minimum absolute atomic E-state index is 0.199. The molecule has 2 rings (SSSR count). The second-order valence-corrected chi connectivity index (χ2v) is 5.08. The summed E-state index contributed by atoms with van der Waals surface area (Å²) in [5.74, 6) is 2.16. The van der Waals surface area contributed by atoms with Crippen LogP contribution in [0, 0.1) is 0 Å². The van der Waals surface area contributed by atoms with Crippen molar-refractivity contribution in [3.05, 3.63) is 41.5 Å². The molecule has 19 heavy (non-hydrogen) atoms. The summed E-state index contributed by atoms with van der Waals surface area (Å²) in [6.07, 6.45) is 0.671. The monoisotopic (exact) mass is 260 g/mol. The van der Waals surface area contributed by atoms with Gasteiger partial charge < -0.3 is 10.8 Å². The first kappa shape index (κ1) is 13.5. The van der Waals surface area contributed by atoms with E-state index < -0.39 is 0 Å². The summed E-state index contributed by atoms with van der Waals surface area (Å²) in [4.78, 5) is 4.50. The summed E-state index contributed by atoms with van der Waals surface area (Å²) >= 11 is 0. The number of hydrogen-bond donors (Lipinski definition) is 2. The maximum atomic E-state index is 9.26. The van der Waals surface area contributed by atoms with E-state index in [1.807, 2.05) is 19.2 Å². The molecule has 1 heterocycles. The molecule has 0 spiro atoms. The first-order valence-electron chi connectivity index (χ1n) is 6.41. The third-order valence-corrected chi connectivity index (χ3v) is 3.05. The van der Waals surface area contributed by atoms with Crippen molar-refractivity contribution in [1.29, 1.82) is 0 Å². The second-order valence-electron chi connectivity index (χ2n) is 5.08. The van der Waals surface area contributed by atoms with Gasteiger partial charge in [0.2, 0.25) is 0 Å². The Morgan fingerprint density at radius 3 is 2.42 bits per heavy atom. The predicted octanol–water partition coefficient (Wildman–Crippen LogP) is 1.89. The molecule has 1 unspecified atom stereocenters. The molecule has 3 N–H and O–H groups in total. The molecule has 0 aliphatic heterocycles. The molecule has 5 nitrogen and oxygen atoms in total. The minimum atomic E-state index is -0.199. The normalized spacial score (nSPS) is 12.9. The largest absolute Gasteiger partial charge is 0.508 e. The first-order valence-corrected chi connectivity index (χ1v) is 6.41. The lowest BCUT2D eigenvalue weighted by molar-refractivity contribution is 0.475. The Kier molecular flexibility index (Phi) is 3.85. The van der Waals surface area contributed by atoms with Gasteiger partial charge in [-0.2, -0.15) is 5.10 Å². The molecular formula is C14H20N4O. The molecule has 0 aliphatic carbocycles. The van der Waals surface area contributed by atoms with E-state index in [1.165, 1.54) is 0 Å². The Hall–Kier alpha value is -1.88. The van der Waals surface area contributed by atoms with Crippen molar-refractivity contribution >= 4 is 0 Å². The van der Waals surface area contributed by atoms with E-state index in [0.29, 0.717) is 12.3 Å². The molecule has 1 aromatic heterocycles. The van der Waals surface area contributed by atoms with E-state index in [1.54, 1.807) is 16.8 Å². The first-order chi connectivity index (χ1) is 8.97. The average Bonchev–Trinajstić information content (AvgIpc) is 2.74. The van der Waals surface area contributed by atoms with Gasteiger partial charge in [0, 0.05) is 13.0 Å². The highest BCUT2D eigenvalue weighted by molar-refractivity contribution is 5.26. The van der Waals surface area contributed by atoms with Crippen molar-refractivity contribution in [3.8, 4) is 5.75 Å². The van der Waals surface area contributed by atoms with Crippen LogP contribution in [0.2, 0.25) is 0 Å². The lowest BCUT2D eigenvalue weighted by atomic mass is 10.1. The Labute approximate surface area is 113 Å². The molecule has 0 radical (unpaired) electrons. The number of rotatable bonds is 4. The van der Waals surface area contributed by atoms with Gasteiger partial charge in [0.1, 0.15) is 11.6 Å². The molecule has 102 valence electrons. The second kappa shape index (κ2) is 5.40. The van der Waals surface area contributed by atoms with Crippen LogP contribution < -0.4 is 5.73 Å². The SMILES string of the molecule is CC(C)c1nc(C(N)Cc2ccc(O)cc2)n(C)n1. The van der Waals surface area contributed by atoms with Crippen molar-refractivity contribution in [2.45, 2.75) is 32.2 Å². The van der Waals surface area contributed by atoms with Crippen LogP contribution >= 0.6 is 0 Å². The Bertz CT molecular complexity index is 545. The fourth-order valence-corrected chi connectivity index (χ4v) is 1.96. The van der Waals surface area contributed by atoms with Gasteiger partial charge in [-0.1, -0.05) is 26.0 Å². The molecule has 2 aromatic rings. The molecule has 5 heteroatoms. The average molecular weight is 260 g/mol. The van der Waals surface area contributed by atoms with E-state index in [0.717, 1.165) is 17.2 Å². The topological polar surface area (TPSA) is 77.0 Å². The molecule has 1 atom stereocenters. The van der Waals surface area contributed by atoms with Gasteiger partial charge >= 0.3 is 0 Å². The summed E-state index contributed by atoms with van der Waals surface area (Å²) in [7, 11) is 1.87. The molecule has 1 aromatic carbocycles. The highest BCUT2D eigenvalue weighted by atomic mass is 16.3. The number of benzene rings is 1. The van der Waals surface area contributed by atoms with Crippen LogP contribution in [-0.4, -0.2) is 19.9 Å². The third-order valence-electron chi connectivity index (χ3n) is 3.05. The molecule has 0 saturated carbocycles. The fraction of sp³-hybridized carbons (Fsp3) is 0.429. The zero-order valence-electron chi connectivity index (χ0n) is 11.5. The third kappa shape index (κ3) is 3.12. The van der Waals surface area contributed by atoms with Gasteiger partial charge in [-0.05, 0) is 24.1 Å². The number of phenolic OH excluding ortho intramolecular Hbond substituents is 1. The van der Waals surface area contributed by atoms with Gasteiger partial charge in [0.15, 0.2) is 5.82 Å². The Morgan fingerprint density at radius 2 is 1.89 bits per heavy atom. The van der Waals surface area contributed by atoms with Gasteiger partial charge in [-0.3, -0.25) is 4.68 Å². The number of nitrogens with two attached hydrogens (primary N) is 1. The lowest BCUT2D eigenvalue weighted by Crippen LogP contribution is -2.18. The highest BCUT2D eigenvalue weighted by Gasteiger charge is 2.16. The fourth-order valence-electron chi connectivity index (χ4n) is 1.96. The minimum Gasteiger partial charge on any atom is -0.508 e. The summed E-state index contributed by atoms with van der Waals surface area (Å²) in [5, 5.41) is 13.6. The molecule has 0 aliphatic rings. The van der Waals surface area contributed by atoms with Crippen LogP contribution in [0.4, 0.5) is 0 Å². The van der Waals surface area contributed by atoms with Crippen molar-refractivity contribution in [1.82, 2.24) is 14.8 Å². The van der Waals surface area contributed by atoms with Crippen LogP contribution in [0.1, 0.15) is 43.0 Å². The molecule has 0 saturated heterocycles. The zero-order chi connectivity index (χ0) is 14.0. The maximum Gasteiger partial charge on any atom is 0.153 e. The van der Waals surface area contributed by atoms with Gasteiger partial charge in [-0.15, -0.1) is 0 Å². The number of aromatic nitrogens is 3. The van der Waals surface area contributed by atoms with Crippen molar-refractivity contribution in [2.24, 2.45) is 12.8 Å². The zero-order valence-corrected chi connectivity index (χ0v) is 11.5. The van der Waals surface area contributed by atoms with Crippen LogP contribution in [-0.2, 0) is 13.5 Å². The highest BCUT2D eigenvalue weighted by Crippen LogP contribution is 2.18. The summed E-state index contributed by atoms with van der Waals surface area (Å²) in [6.45, 7) is 4.12. The van der Waals surface area contributed by atoms with Gasteiger partial charge in [0.25, 0.3) is 0 Å². The number of aromatic hydroxyl groups is 1. The van der Waals surface area contributed by atoms with Crippen molar-refractivity contribution in [3.63, 3.8) is 0 Å². The van der Waals surface area contributed by atoms with E-state index in [2.05, 4.69) is 23.9 Å². The van der Waals surface area contributed by atoms with Crippen molar-refractivity contribution < 1.29 is 5.11 Å². The molecular weight excluding hydrogens is 240 g/mol. The number of aryl methyl sites for hydroxylation is 1. The molecule has 0 amide bonds. The quantitative estimate of drug-likeness (QED) is 0.880. The van der Waals surface area contributed by atoms with Crippen LogP contribution in [0.25, 0.3) is 0 Å². The summed E-state index contributed by atoms with van der Waals surface area (Å²) in [6, 6.07) is 6.87. The van der Waals surface area contributed by atoms with E-state index >= 15 is 0 Å². The van der Waals surface area contributed by atoms with Crippen LogP contribution in [0.5, 0.6) is 5.75 Å². The standard InChI is InChI=1S/C14H20N4O/c1-9(2)13-16-14(18(3)17-13)12(15)8-10-4-6-11(19)7-5-10/h4-7,9,12,19H,8,15H2,1-3H3. The van der Waals surface area contributed by atoms with E-state index in [4.69, 9.17) is 5.73 Å². The molecule has 0 bridgehead atoms. The maximum absolute atomic E-state index is 9.26. The summed E-state index contributed by atoms with van der Waals surface area (Å²) < 4.78 is 1.75. The van der Waals surface area contributed by atoms with E-state index in [9.17, 15) is 5.11 Å². The van der Waals surface area contributed by atoms with Crippen LogP contribution in [0.3, 0.4) is 0 Å². The number of nitrogens with zero attached hydrogens (tertiary/aromatic N) is 3. The Balaban J connectivity index is 2.15. The molecule has 0 fully saturated rings. The van der Waals surface area contributed by atoms with Gasteiger partial charge in [-0.25, -0.2) is 4.98 Å². The smallest absolute Gasteiger partial charge is 0.153 e. The lowest BCUT2D eigenvalue weighted by Gasteiger charge is -2.10. The van der Waals surface area contributed by atoms with Crippen molar-refractivity contribution in [2.75, 3.05) is 0 Å². The number of phenols is 1. The summed E-state index contributed by atoms with van der Waals surface area (Å²) in [5.41, 5.74) is 7.26. The Morgan fingerprint density at radius 1 is 1.26 bits per heavy atom. The number of hydrogen-bond acceptors (Lipinski definition) is 4. The van der Waals surface area contributed by atoms with Crippen LogP contribution in [0.15, 0.2) is 24.3 Å².